The fraction of sp³-hybridized carbons (Fsp3) is 0.468. The van der Waals surface area contributed by atoms with Crippen LogP contribution in [0.3, 0.4) is 0 Å². The summed E-state index contributed by atoms with van der Waals surface area (Å²) in [5, 5.41) is 67.4. The third kappa shape index (κ3) is 40.5. The lowest BCUT2D eigenvalue weighted by molar-refractivity contribution is -0.141. The molecule has 6 aromatic rings. The predicted molar refractivity (Wildman–Crippen MR) is 439 cm³/mol. The van der Waals surface area contributed by atoms with Crippen LogP contribution in [0.5, 0.6) is 28.7 Å². The third-order valence-corrected chi connectivity index (χ3v) is 14.8. The van der Waals surface area contributed by atoms with Crippen molar-refractivity contribution in [3.63, 3.8) is 0 Å². The van der Waals surface area contributed by atoms with Crippen molar-refractivity contribution in [2.24, 2.45) is 0 Å². The second kappa shape index (κ2) is 45.9. The van der Waals surface area contributed by atoms with E-state index in [1.807, 2.05) is 12.1 Å². The average molecular weight is 1740 g/mol. The van der Waals surface area contributed by atoms with Crippen LogP contribution < -0.4 is 84.3 Å². The van der Waals surface area contributed by atoms with Gasteiger partial charge in [0.1, 0.15) is 101 Å². The maximum Gasteiger partial charge on any atom is 0.408 e. The van der Waals surface area contributed by atoms with Crippen molar-refractivity contribution in [2.75, 3.05) is 67.0 Å². The summed E-state index contributed by atoms with van der Waals surface area (Å²) in [7, 11) is 0. The third-order valence-electron chi connectivity index (χ3n) is 14.8. The number of alkyl halides is 2. The Balaban J connectivity index is 0.000000398. The number of alkyl carbamates (subject to hydrolysis) is 5. The maximum absolute atomic E-state index is 12.9. The van der Waals surface area contributed by atoms with Gasteiger partial charge in [0.2, 0.25) is 11.8 Å². The highest BCUT2D eigenvalue weighted by Gasteiger charge is 2.32. The van der Waals surface area contributed by atoms with E-state index in [0.29, 0.717) is 46.0 Å². The number of aryl methyl sites for hydroxylation is 3. The monoisotopic (exact) mass is 1740 g/mol. The van der Waals surface area contributed by atoms with Gasteiger partial charge in [-0.1, -0.05) is 6.07 Å². The molecular weight excluding hydrogens is 1630 g/mol. The number of carboxylic acids is 5. The number of hydrogen-bond acceptors (Lipinski definition) is 30. The highest BCUT2D eigenvalue weighted by Crippen LogP contribution is 2.42. The molecule has 5 amide bonds. The standard InChI is InChI=1S/C18H24N4O6.C17H24N2O5.C16H21N3O5.C15H20F2N2O6.C13H19FN4O4/c1-9-6-14(12(19)7-11(9)15-22-21-10(2)27-15)26-8-13(16(23)24)20-17(25)28-18(3,4)5;1-17(2,3)24-16(22)19-13(15(20)21)9-23-14-8-11(10-4-5-10)6-7-12(14)18;1-9-6-13(10(17)7-11(9)18-5)23-8-12(14(20)21)19-15(22)24-16(2,3)4;1-15(2,3)25-14(22)19-10(12(20)21)7-23-11-6-8(24-13(16)17)4-5-9(11)18;1-13(2,3)22-12(21)18-9(11(19)20)6-17-10-8(15)4-7(14)5-16-10/h6-7,13H,8,19H2,1-5H3,(H,20,25)(H,23,24);6-8,10,13H,4-5,9,18H2,1-3H3,(H,19,22)(H,20,21);6-7,12H,8,17H2,1-4H3,(H,19,22)(H,20,21);4-6,10,13H,7,18H2,1-3H3,(H,19,22)(H,20,21);4-5,9H,6,15H2,1-3H3,(H,16,17)(H,18,21)(H,19,20)/t2*13-;12-;10-;9-/m00000/s1. The number of nitrogens with two attached hydrogens (primary N) is 5. The molecule has 7 rings (SSSR count). The number of carbonyl (C=O) groups is 10. The summed E-state index contributed by atoms with van der Waals surface area (Å²) in [5.74, 6) is -4.90. The molecule has 41 nitrogen and oxygen atoms in total. The van der Waals surface area contributed by atoms with Crippen LogP contribution in [0, 0.1) is 33.2 Å². The van der Waals surface area contributed by atoms with Crippen molar-refractivity contribution in [1.29, 1.82) is 0 Å². The molecule has 676 valence electrons. The van der Waals surface area contributed by atoms with E-state index in [0.717, 1.165) is 42.3 Å². The van der Waals surface area contributed by atoms with Gasteiger partial charge in [-0.3, -0.25) is 0 Å². The van der Waals surface area contributed by atoms with Gasteiger partial charge in [-0.15, -0.1) is 10.2 Å². The number of anilines is 6. The molecule has 2 heterocycles. The number of nitrogen functional groups attached to an aromatic ring is 5. The molecule has 2 aromatic heterocycles. The van der Waals surface area contributed by atoms with Crippen molar-refractivity contribution in [1.82, 2.24) is 41.8 Å². The Labute approximate surface area is 705 Å². The number of halogens is 3. The molecule has 5 atom stereocenters. The van der Waals surface area contributed by atoms with Gasteiger partial charge in [0.25, 0.3) is 0 Å². The summed E-state index contributed by atoms with van der Waals surface area (Å²) in [4.78, 5) is 122. The minimum absolute atomic E-state index is 0.0291. The van der Waals surface area contributed by atoms with Gasteiger partial charge >= 0.3 is 66.9 Å². The Kier molecular flexibility index (Phi) is 38.5. The molecule has 1 aliphatic rings. The SMILES string of the molecule is CC(C)(C)OC(=O)N[C@@H](CNc1ncc(F)cc1N)C(=O)O.CC(C)(C)OC(=O)N[C@@H](COc1cc(C2CC2)ccc1N)C(=O)O.CC(C)(C)OC(=O)N[C@@H](COc1cc(OC(F)F)ccc1N)C(=O)O.Cc1nnc(-c2cc(N)c(OC[C@H](NC(=O)OC(C)(C)C)C(=O)O)cc2C)o1.[C-]#[N+]c1cc(N)c(OC[C@H](NC(=O)OC(C)(C)C)C(=O)O)cc1C. The van der Waals surface area contributed by atoms with Gasteiger partial charge in [0.15, 0.2) is 29.9 Å². The van der Waals surface area contributed by atoms with E-state index in [-0.39, 0.29) is 77.9 Å². The average Bonchev–Trinajstić information content (AvgIpc) is 1.56. The van der Waals surface area contributed by atoms with E-state index in [4.69, 9.17) is 92.5 Å². The van der Waals surface area contributed by atoms with Crippen LogP contribution in [-0.4, -0.2) is 199 Å². The van der Waals surface area contributed by atoms with E-state index in [1.165, 1.54) is 18.2 Å². The van der Waals surface area contributed by atoms with Gasteiger partial charge in [-0.25, -0.2) is 62.2 Å². The first kappa shape index (κ1) is 103. The van der Waals surface area contributed by atoms with Crippen LogP contribution in [-0.2, 0) is 47.7 Å². The molecule has 1 aliphatic carbocycles. The zero-order valence-corrected chi connectivity index (χ0v) is 71.0. The Hall–Kier alpha value is -14.1. The fourth-order valence-corrected chi connectivity index (χ4v) is 9.19. The van der Waals surface area contributed by atoms with Crippen molar-refractivity contribution in [3.05, 3.63) is 113 Å². The zero-order chi connectivity index (χ0) is 93.6. The first-order valence-corrected chi connectivity index (χ1v) is 37.2. The molecule has 1 fully saturated rings. The molecule has 44 heteroatoms. The van der Waals surface area contributed by atoms with Crippen LogP contribution in [0.25, 0.3) is 16.3 Å². The summed E-state index contributed by atoms with van der Waals surface area (Å²) < 4.78 is 93.7. The van der Waals surface area contributed by atoms with Crippen LogP contribution in [0.1, 0.15) is 145 Å². The molecule has 0 unspecified atom stereocenters. The van der Waals surface area contributed by atoms with Crippen molar-refractivity contribution in [3.8, 4) is 40.2 Å². The topological polar surface area (TPSA) is 623 Å². The van der Waals surface area contributed by atoms with Gasteiger partial charge in [0, 0.05) is 31.2 Å². The highest BCUT2D eigenvalue weighted by molar-refractivity contribution is 5.84. The number of hydrogen-bond donors (Lipinski definition) is 16. The van der Waals surface area contributed by atoms with Crippen LogP contribution in [0.4, 0.5) is 77.1 Å². The van der Waals surface area contributed by atoms with Crippen LogP contribution >= 0.6 is 0 Å². The fourth-order valence-electron chi connectivity index (χ4n) is 9.19. The van der Waals surface area contributed by atoms with Crippen molar-refractivity contribution in [2.45, 2.75) is 208 Å². The molecule has 21 N–H and O–H groups in total. The zero-order valence-electron chi connectivity index (χ0n) is 71.0. The Morgan fingerprint density at radius 1 is 0.480 bits per heavy atom. The maximum atomic E-state index is 12.9. The van der Waals surface area contributed by atoms with E-state index < -0.39 is 138 Å². The smallest absolute Gasteiger partial charge is 0.408 e. The van der Waals surface area contributed by atoms with Crippen molar-refractivity contribution >= 4 is 100 Å². The highest BCUT2D eigenvalue weighted by atomic mass is 19.3. The van der Waals surface area contributed by atoms with E-state index in [1.54, 1.807) is 149 Å². The Morgan fingerprint density at radius 3 is 1.18 bits per heavy atom. The number of ether oxygens (including phenoxy) is 10. The lowest BCUT2D eigenvalue weighted by Gasteiger charge is -2.22. The number of aromatic nitrogens is 3. The first-order chi connectivity index (χ1) is 56.7. The molecule has 0 aliphatic heterocycles. The number of nitrogens with one attached hydrogen (secondary N) is 6. The quantitative estimate of drug-likeness (QED) is 0.0118. The number of benzene rings is 4. The lowest BCUT2D eigenvalue weighted by atomic mass is 10.1. The number of aliphatic carboxylic acids is 5. The number of nitrogens with zero attached hydrogens (tertiary/aromatic N) is 4. The second-order valence-corrected chi connectivity index (χ2v) is 31.7. The molecule has 4 aromatic carbocycles. The van der Waals surface area contributed by atoms with Gasteiger partial charge in [0.05, 0.1) is 41.2 Å². The van der Waals surface area contributed by atoms with E-state index in [9.17, 15) is 76.4 Å². The molecule has 123 heavy (non-hydrogen) atoms. The van der Waals surface area contributed by atoms with Gasteiger partial charge < -0.3 is 138 Å². The summed E-state index contributed by atoms with van der Waals surface area (Å²) in [5.41, 5.74) is 29.7. The Morgan fingerprint density at radius 2 is 0.837 bits per heavy atom. The minimum Gasteiger partial charge on any atom is -0.489 e. The second-order valence-electron chi connectivity index (χ2n) is 31.7. The van der Waals surface area contributed by atoms with Gasteiger partial charge in [-0.2, -0.15) is 8.78 Å². The van der Waals surface area contributed by atoms with Gasteiger partial charge in [-0.05, 0) is 202 Å². The molecule has 0 bridgehead atoms. The molecule has 0 spiro atoms. The normalized spacial score (nSPS) is 12.9. The summed E-state index contributed by atoms with van der Waals surface area (Å²) >= 11 is 0. The largest absolute Gasteiger partial charge is 0.489 e. The molecule has 0 radical (unpaired) electrons. The van der Waals surface area contributed by atoms with E-state index in [2.05, 4.69) is 56.7 Å². The first-order valence-electron chi connectivity index (χ1n) is 37.2. The molecular formula is C79H108F3N15O26. The number of carboxylic acid groups (broad SMARTS) is 5. The predicted octanol–water partition coefficient (Wildman–Crippen LogP) is 10.7. The van der Waals surface area contributed by atoms with Crippen molar-refractivity contribution < 1.29 is 138 Å². The number of carbonyl (C=O) groups excluding carboxylic acids is 5. The number of pyridine rings is 1. The number of amides is 5. The van der Waals surface area contributed by atoms with Crippen LogP contribution in [0.15, 0.2) is 77.3 Å². The Bertz CT molecular complexity index is 4680. The number of rotatable bonds is 29. The molecule has 0 saturated heterocycles. The van der Waals surface area contributed by atoms with E-state index >= 15 is 0 Å². The summed E-state index contributed by atoms with van der Waals surface area (Å²) in [6.07, 6.45) is -1.09. The van der Waals surface area contributed by atoms with Crippen LogP contribution in [0.2, 0.25) is 0 Å². The summed E-state index contributed by atoms with van der Waals surface area (Å²) in [6, 6.07) is 9.85. The summed E-state index contributed by atoms with van der Waals surface area (Å²) in [6.45, 7) is 32.5. The minimum atomic E-state index is -3.03. The molecule has 1 saturated carbocycles. The lowest BCUT2D eigenvalue weighted by Crippen LogP contribution is -2.47.